The minimum absolute atomic E-state index is 0.00679. The van der Waals surface area contributed by atoms with Gasteiger partial charge in [-0.05, 0) is 38.1 Å². The Morgan fingerprint density at radius 3 is 2.45 bits per heavy atom. The lowest BCUT2D eigenvalue weighted by Gasteiger charge is -2.44. The van der Waals surface area contributed by atoms with Crippen molar-refractivity contribution in [3.8, 4) is 11.5 Å². The molecule has 3 rings (SSSR count). The zero-order valence-electron chi connectivity index (χ0n) is 23.0. The van der Waals surface area contributed by atoms with E-state index in [1.54, 1.807) is 31.4 Å². The van der Waals surface area contributed by atoms with Crippen molar-refractivity contribution < 1.29 is 32.2 Å². The Balaban J connectivity index is 2.34. The molecule has 0 aliphatic carbocycles. The lowest BCUT2D eigenvalue weighted by molar-refractivity contribution is -0.0194. The molecular weight excluding hydrogens is 510 g/mol. The van der Waals surface area contributed by atoms with Crippen molar-refractivity contribution in [3.05, 3.63) is 48.0 Å². The van der Waals surface area contributed by atoms with E-state index >= 15 is 0 Å². The van der Waals surface area contributed by atoms with Crippen LogP contribution in [0.5, 0.6) is 11.5 Å². The highest BCUT2D eigenvalue weighted by molar-refractivity contribution is 7.93. The van der Waals surface area contributed by atoms with E-state index in [4.69, 9.17) is 24.7 Å². The van der Waals surface area contributed by atoms with Crippen LogP contribution in [0.4, 0.5) is 5.69 Å². The van der Waals surface area contributed by atoms with E-state index in [0.29, 0.717) is 25.3 Å². The first-order chi connectivity index (χ1) is 18.0. The number of primary amides is 1. The van der Waals surface area contributed by atoms with Gasteiger partial charge in [-0.2, -0.15) is 0 Å². The van der Waals surface area contributed by atoms with Crippen LogP contribution >= 0.6 is 0 Å². The number of methoxy groups -OCH3 is 3. The van der Waals surface area contributed by atoms with Gasteiger partial charge in [0.25, 0.3) is 15.9 Å². The largest absolute Gasteiger partial charge is 0.497 e. The van der Waals surface area contributed by atoms with Crippen LogP contribution in [-0.4, -0.2) is 78.6 Å². The van der Waals surface area contributed by atoms with Crippen molar-refractivity contribution in [1.29, 1.82) is 0 Å². The molecule has 2 atom stereocenters. The number of sulfonamides is 1. The second-order valence-corrected chi connectivity index (χ2v) is 11.4. The number of anilines is 1. The van der Waals surface area contributed by atoms with Crippen molar-refractivity contribution in [1.82, 2.24) is 4.90 Å². The van der Waals surface area contributed by atoms with Gasteiger partial charge in [0, 0.05) is 58.4 Å². The molecule has 2 aromatic carbocycles. The van der Waals surface area contributed by atoms with Crippen molar-refractivity contribution in [3.63, 3.8) is 0 Å². The van der Waals surface area contributed by atoms with Crippen LogP contribution in [0, 0.1) is 5.92 Å². The summed E-state index contributed by atoms with van der Waals surface area (Å²) in [5.74, 6) is -0.487. The minimum atomic E-state index is -4.35. The summed E-state index contributed by atoms with van der Waals surface area (Å²) in [6.45, 7) is 7.57. The second-order valence-electron chi connectivity index (χ2n) is 9.63. The number of nitrogens with two attached hydrogens (primary N) is 1. The Morgan fingerprint density at radius 2 is 1.87 bits per heavy atom. The maximum atomic E-state index is 14.6. The van der Waals surface area contributed by atoms with Crippen molar-refractivity contribution in [2.24, 2.45) is 11.7 Å². The average molecular weight is 550 g/mol. The smallest absolute Gasteiger partial charge is 0.267 e. The van der Waals surface area contributed by atoms with Gasteiger partial charge in [-0.1, -0.05) is 19.1 Å². The topological polar surface area (TPSA) is 121 Å². The quantitative estimate of drug-likeness (QED) is 0.299. The fraction of sp³-hybridized carbons (Fsp3) is 0.519. The van der Waals surface area contributed by atoms with Crippen molar-refractivity contribution in [2.75, 3.05) is 51.9 Å². The predicted molar refractivity (Wildman–Crippen MR) is 145 cm³/mol. The Morgan fingerprint density at radius 1 is 1.16 bits per heavy atom. The first-order valence-electron chi connectivity index (χ1n) is 12.6. The van der Waals surface area contributed by atoms with E-state index in [1.165, 1.54) is 36.7 Å². The third kappa shape index (κ3) is 5.75. The van der Waals surface area contributed by atoms with Crippen LogP contribution < -0.4 is 19.5 Å². The fourth-order valence-electron chi connectivity index (χ4n) is 4.82. The lowest BCUT2D eigenvalue weighted by Crippen LogP contribution is -2.59. The molecular formula is C27H39N3O7S. The maximum absolute atomic E-state index is 14.6. The van der Waals surface area contributed by atoms with Crippen LogP contribution in [0.15, 0.2) is 47.4 Å². The summed E-state index contributed by atoms with van der Waals surface area (Å²) in [7, 11) is 0.195. The number of amides is 1. The van der Waals surface area contributed by atoms with Crippen LogP contribution in [0.2, 0.25) is 0 Å². The molecule has 11 heteroatoms. The summed E-state index contributed by atoms with van der Waals surface area (Å²) in [4.78, 5) is 14.9. The summed E-state index contributed by atoms with van der Waals surface area (Å²) >= 11 is 0. The molecule has 1 heterocycles. The molecule has 2 aromatic rings. The normalized spacial score (nSPS) is 20.0. The van der Waals surface area contributed by atoms with E-state index in [2.05, 4.69) is 4.90 Å². The lowest BCUT2D eigenvalue weighted by atomic mass is 9.99. The van der Waals surface area contributed by atoms with Gasteiger partial charge in [0.15, 0.2) is 5.72 Å². The minimum Gasteiger partial charge on any atom is -0.497 e. The molecule has 10 nitrogen and oxygen atoms in total. The first-order valence-corrected chi connectivity index (χ1v) is 14.0. The summed E-state index contributed by atoms with van der Waals surface area (Å²) in [6.07, 6.45) is 0.562. The summed E-state index contributed by atoms with van der Waals surface area (Å²) in [5, 5.41) is 0. The van der Waals surface area contributed by atoms with E-state index < -0.39 is 21.7 Å². The van der Waals surface area contributed by atoms with Crippen LogP contribution in [0.25, 0.3) is 0 Å². The van der Waals surface area contributed by atoms with Gasteiger partial charge in [-0.15, -0.1) is 0 Å². The standard InChI is InChI=1S/C27H39N3O7S/c1-19(2)29-17-20(3)27(18-29,36-6)30(38(32,33)22-11-7-10-21(16-22)35-5)25-23(26(28)31)12-8-13-24(25)37-15-9-14-34-4/h7-8,10-13,16,19-20H,9,14-15,17-18H2,1-6H3,(H2,28,31)/t20-,27+/m1/s1. The Hall–Kier alpha value is -2.86. The third-order valence-corrected chi connectivity index (χ3v) is 8.75. The van der Waals surface area contributed by atoms with Crippen LogP contribution in [0.3, 0.4) is 0 Å². The number of carbonyl (C=O) groups excluding carboxylic acids is 1. The number of carbonyl (C=O) groups is 1. The Kier molecular flexibility index (Phi) is 9.64. The van der Waals surface area contributed by atoms with Gasteiger partial charge in [0.05, 0.1) is 24.2 Å². The molecule has 0 saturated carbocycles. The first kappa shape index (κ1) is 29.7. The highest BCUT2D eigenvalue weighted by Crippen LogP contribution is 2.46. The number of para-hydroxylation sites is 1. The fourth-order valence-corrected chi connectivity index (χ4v) is 6.70. The second kappa shape index (κ2) is 12.3. The van der Waals surface area contributed by atoms with Gasteiger partial charge in [-0.25, -0.2) is 12.7 Å². The summed E-state index contributed by atoms with van der Waals surface area (Å²) < 4.78 is 53.1. The molecule has 38 heavy (non-hydrogen) atoms. The molecule has 1 saturated heterocycles. The molecule has 2 N–H and O–H groups in total. The number of benzene rings is 2. The molecule has 0 spiro atoms. The third-order valence-electron chi connectivity index (χ3n) is 6.93. The monoisotopic (exact) mass is 549 g/mol. The Bertz CT molecular complexity index is 1220. The highest BCUT2D eigenvalue weighted by Gasteiger charge is 2.55. The maximum Gasteiger partial charge on any atom is 0.267 e. The predicted octanol–water partition coefficient (Wildman–Crippen LogP) is 3.11. The molecule has 1 fully saturated rings. The summed E-state index contributed by atoms with van der Waals surface area (Å²) in [6, 6.07) is 11.1. The van der Waals surface area contributed by atoms with Gasteiger partial charge in [0.2, 0.25) is 0 Å². The van der Waals surface area contributed by atoms with E-state index in [1.807, 2.05) is 20.8 Å². The number of ether oxygens (including phenoxy) is 4. The molecule has 210 valence electrons. The summed E-state index contributed by atoms with van der Waals surface area (Å²) in [5.41, 5.74) is 4.49. The number of likely N-dealkylation sites (tertiary alicyclic amines) is 1. The van der Waals surface area contributed by atoms with Crippen LogP contribution in [0.1, 0.15) is 37.6 Å². The molecule has 0 bridgehead atoms. The molecule has 1 aliphatic heterocycles. The Labute approximate surface area is 225 Å². The SMILES string of the molecule is COCCCOc1cccc(C(N)=O)c1N([C@]1(OC)CN(C(C)C)C[C@H]1C)S(=O)(=O)c1cccc(OC)c1. The molecule has 1 amide bonds. The average Bonchev–Trinajstić information content (AvgIpc) is 3.24. The molecule has 0 aromatic heterocycles. The van der Waals surface area contributed by atoms with E-state index in [9.17, 15) is 13.2 Å². The molecule has 0 radical (unpaired) electrons. The van der Waals surface area contributed by atoms with Gasteiger partial charge in [0.1, 0.15) is 17.2 Å². The highest BCUT2D eigenvalue weighted by atomic mass is 32.2. The zero-order chi connectivity index (χ0) is 28.1. The van der Waals surface area contributed by atoms with Crippen molar-refractivity contribution >= 4 is 21.6 Å². The van der Waals surface area contributed by atoms with E-state index in [-0.39, 0.29) is 47.0 Å². The zero-order valence-corrected chi connectivity index (χ0v) is 23.8. The van der Waals surface area contributed by atoms with Gasteiger partial charge < -0.3 is 24.7 Å². The van der Waals surface area contributed by atoms with Gasteiger partial charge in [-0.3, -0.25) is 9.69 Å². The van der Waals surface area contributed by atoms with Crippen LogP contribution in [-0.2, 0) is 19.5 Å². The van der Waals surface area contributed by atoms with Gasteiger partial charge >= 0.3 is 0 Å². The van der Waals surface area contributed by atoms with Crippen molar-refractivity contribution in [2.45, 2.75) is 43.9 Å². The van der Waals surface area contributed by atoms with E-state index in [0.717, 1.165) is 0 Å². The number of rotatable bonds is 13. The number of hydrogen-bond donors (Lipinski definition) is 1. The molecule has 1 aliphatic rings. The number of hydrogen-bond acceptors (Lipinski definition) is 8. The number of nitrogens with zero attached hydrogens (tertiary/aromatic N) is 2. The molecule has 0 unspecified atom stereocenters.